The Morgan fingerprint density at radius 1 is 1.42 bits per heavy atom. The van der Waals surface area contributed by atoms with Crippen LogP contribution in [0, 0.1) is 5.92 Å². The molecule has 0 aromatic rings. The van der Waals surface area contributed by atoms with Crippen molar-refractivity contribution in [3.63, 3.8) is 0 Å². The fourth-order valence-corrected chi connectivity index (χ4v) is 0.920. The number of hydrogen-bond donors (Lipinski definition) is 1. The molecule has 1 rings (SSSR count). The van der Waals surface area contributed by atoms with E-state index in [-0.39, 0.29) is 0 Å². The summed E-state index contributed by atoms with van der Waals surface area (Å²) in [5.74, 6) is -1.06. The van der Waals surface area contributed by atoms with E-state index in [1.54, 1.807) is 0 Å². The molecule has 0 atom stereocenters. The minimum Gasteiger partial charge on any atom is -0.481 e. The molecular weight excluding hydrogens is 160 g/mol. The standard InChI is InChI=1S/C8H12O4/c9-7(10)5-8(11)12-4-3-6-1-2-6/h6H,1-5H2,(H,9,10). The van der Waals surface area contributed by atoms with Crippen molar-refractivity contribution >= 4 is 11.9 Å². The van der Waals surface area contributed by atoms with E-state index in [0.29, 0.717) is 12.5 Å². The molecule has 1 aliphatic rings. The lowest BCUT2D eigenvalue weighted by Gasteiger charge is -2.00. The van der Waals surface area contributed by atoms with Crippen LogP contribution in [0.15, 0.2) is 0 Å². The summed E-state index contributed by atoms with van der Waals surface area (Å²) in [6, 6.07) is 0. The molecule has 0 amide bonds. The summed E-state index contributed by atoms with van der Waals surface area (Å²) in [6.07, 6.45) is 2.79. The molecule has 4 nitrogen and oxygen atoms in total. The van der Waals surface area contributed by atoms with Crippen LogP contribution < -0.4 is 0 Å². The van der Waals surface area contributed by atoms with E-state index in [4.69, 9.17) is 5.11 Å². The van der Waals surface area contributed by atoms with Crippen molar-refractivity contribution in [3.05, 3.63) is 0 Å². The Bertz CT molecular complexity index is 183. The van der Waals surface area contributed by atoms with Crippen molar-refractivity contribution in [2.75, 3.05) is 6.61 Å². The summed E-state index contributed by atoms with van der Waals surface area (Å²) in [4.78, 5) is 20.7. The van der Waals surface area contributed by atoms with Crippen molar-refractivity contribution in [1.82, 2.24) is 0 Å². The number of hydrogen-bond acceptors (Lipinski definition) is 3. The van der Waals surface area contributed by atoms with E-state index in [0.717, 1.165) is 6.42 Å². The zero-order chi connectivity index (χ0) is 8.97. The molecule has 1 aliphatic carbocycles. The summed E-state index contributed by atoms with van der Waals surface area (Å²) in [5.41, 5.74) is 0. The first-order chi connectivity index (χ1) is 5.68. The van der Waals surface area contributed by atoms with Gasteiger partial charge in [-0.2, -0.15) is 0 Å². The number of carboxylic acids is 1. The lowest BCUT2D eigenvalue weighted by Crippen LogP contribution is -2.11. The average Bonchev–Trinajstić information content (AvgIpc) is 2.69. The van der Waals surface area contributed by atoms with Gasteiger partial charge in [0.1, 0.15) is 6.42 Å². The number of carboxylic acid groups (broad SMARTS) is 1. The molecule has 0 aliphatic heterocycles. The zero-order valence-corrected chi connectivity index (χ0v) is 6.78. The van der Waals surface area contributed by atoms with E-state index >= 15 is 0 Å². The SMILES string of the molecule is O=C(O)CC(=O)OCCC1CC1. The van der Waals surface area contributed by atoms with Crippen LogP contribution in [0.5, 0.6) is 0 Å². The Morgan fingerprint density at radius 3 is 2.58 bits per heavy atom. The Kier molecular flexibility index (Phi) is 3.08. The molecule has 0 radical (unpaired) electrons. The van der Waals surface area contributed by atoms with Crippen LogP contribution in [0.25, 0.3) is 0 Å². The van der Waals surface area contributed by atoms with Crippen LogP contribution in [-0.2, 0) is 14.3 Å². The van der Waals surface area contributed by atoms with Gasteiger partial charge < -0.3 is 9.84 Å². The first kappa shape index (κ1) is 9.03. The fourth-order valence-electron chi connectivity index (χ4n) is 0.920. The number of carbonyl (C=O) groups is 2. The maximum atomic E-state index is 10.7. The Hall–Kier alpha value is -1.06. The summed E-state index contributed by atoms with van der Waals surface area (Å²) in [7, 11) is 0. The van der Waals surface area contributed by atoms with E-state index in [9.17, 15) is 9.59 Å². The molecule has 0 unspecified atom stereocenters. The molecule has 4 heteroatoms. The zero-order valence-electron chi connectivity index (χ0n) is 6.78. The van der Waals surface area contributed by atoms with Gasteiger partial charge in [-0.15, -0.1) is 0 Å². The normalized spacial score (nSPS) is 15.7. The molecule has 0 bridgehead atoms. The predicted molar refractivity (Wildman–Crippen MR) is 40.6 cm³/mol. The molecule has 0 saturated heterocycles. The molecule has 1 saturated carbocycles. The van der Waals surface area contributed by atoms with Crippen LogP contribution in [0.4, 0.5) is 0 Å². The smallest absolute Gasteiger partial charge is 0.317 e. The average molecular weight is 172 g/mol. The quantitative estimate of drug-likeness (QED) is 0.492. The number of aliphatic carboxylic acids is 1. The van der Waals surface area contributed by atoms with Gasteiger partial charge >= 0.3 is 11.9 Å². The van der Waals surface area contributed by atoms with Crippen LogP contribution in [0.2, 0.25) is 0 Å². The summed E-state index contributed by atoms with van der Waals surface area (Å²) < 4.78 is 4.68. The molecule has 0 heterocycles. The highest BCUT2D eigenvalue weighted by Gasteiger charge is 2.21. The summed E-state index contributed by atoms with van der Waals surface area (Å²) in [5, 5.41) is 8.20. The van der Waals surface area contributed by atoms with Gasteiger partial charge in [0.05, 0.1) is 6.61 Å². The van der Waals surface area contributed by atoms with Crippen LogP contribution in [0.3, 0.4) is 0 Å². The topological polar surface area (TPSA) is 63.6 Å². The molecular formula is C8H12O4. The maximum Gasteiger partial charge on any atom is 0.317 e. The lowest BCUT2D eigenvalue weighted by atomic mass is 10.3. The molecule has 1 fully saturated rings. The van der Waals surface area contributed by atoms with Gasteiger partial charge in [0.2, 0.25) is 0 Å². The monoisotopic (exact) mass is 172 g/mol. The van der Waals surface area contributed by atoms with E-state index in [2.05, 4.69) is 4.74 Å². The molecule has 1 N–H and O–H groups in total. The van der Waals surface area contributed by atoms with Gasteiger partial charge in [-0.1, -0.05) is 12.8 Å². The van der Waals surface area contributed by atoms with Crippen molar-refractivity contribution < 1.29 is 19.4 Å². The molecule has 0 aromatic carbocycles. The second kappa shape index (κ2) is 4.09. The number of esters is 1. The Morgan fingerprint density at radius 2 is 2.08 bits per heavy atom. The largest absolute Gasteiger partial charge is 0.481 e. The highest BCUT2D eigenvalue weighted by atomic mass is 16.5. The van der Waals surface area contributed by atoms with Crippen molar-refractivity contribution in [2.45, 2.75) is 25.7 Å². The van der Waals surface area contributed by atoms with Gasteiger partial charge in [-0.3, -0.25) is 9.59 Å². The summed E-state index contributed by atoms with van der Waals surface area (Å²) in [6.45, 7) is 0.372. The van der Waals surface area contributed by atoms with E-state index < -0.39 is 18.4 Å². The number of carbonyl (C=O) groups excluding carboxylic acids is 1. The number of ether oxygens (including phenoxy) is 1. The van der Waals surface area contributed by atoms with Crippen molar-refractivity contribution in [1.29, 1.82) is 0 Å². The third-order valence-electron chi connectivity index (χ3n) is 1.78. The first-order valence-corrected chi connectivity index (χ1v) is 4.06. The summed E-state index contributed by atoms with van der Waals surface area (Å²) >= 11 is 0. The van der Waals surface area contributed by atoms with Crippen LogP contribution >= 0.6 is 0 Å². The van der Waals surface area contributed by atoms with E-state index in [1.807, 2.05) is 0 Å². The van der Waals surface area contributed by atoms with Crippen LogP contribution in [0.1, 0.15) is 25.7 Å². The second-order valence-corrected chi connectivity index (χ2v) is 3.02. The third-order valence-corrected chi connectivity index (χ3v) is 1.78. The van der Waals surface area contributed by atoms with Gasteiger partial charge in [-0.05, 0) is 12.3 Å². The highest BCUT2D eigenvalue weighted by Crippen LogP contribution is 2.32. The van der Waals surface area contributed by atoms with E-state index in [1.165, 1.54) is 12.8 Å². The van der Waals surface area contributed by atoms with Crippen LogP contribution in [-0.4, -0.2) is 23.7 Å². The van der Waals surface area contributed by atoms with Crippen molar-refractivity contribution in [2.24, 2.45) is 5.92 Å². The molecule has 0 spiro atoms. The number of rotatable bonds is 5. The minimum atomic E-state index is -1.13. The Labute approximate surface area is 70.5 Å². The van der Waals surface area contributed by atoms with Gasteiger partial charge in [-0.25, -0.2) is 0 Å². The highest BCUT2D eigenvalue weighted by molar-refractivity contribution is 5.90. The van der Waals surface area contributed by atoms with Gasteiger partial charge in [0.15, 0.2) is 0 Å². The molecule has 68 valence electrons. The van der Waals surface area contributed by atoms with Gasteiger partial charge in [0, 0.05) is 0 Å². The third kappa shape index (κ3) is 3.95. The maximum absolute atomic E-state index is 10.7. The molecule has 0 aromatic heterocycles. The lowest BCUT2D eigenvalue weighted by molar-refractivity contribution is -0.151. The Balaban J connectivity index is 1.97. The first-order valence-electron chi connectivity index (χ1n) is 4.06. The second-order valence-electron chi connectivity index (χ2n) is 3.02. The molecule has 12 heavy (non-hydrogen) atoms. The fraction of sp³-hybridized carbons (Fsp3) is 0.750. The van der Waals surface area contributed by atoms with Crippen molar-refractivity contribution in [3.8, 4) is 0 Å². The van der Waals surface area contributed by atoms with Gasteiger partial charge in [0.25, 0.3) is 0 Å². The minimum absolute atomic E-state index is 0.372. The predicted octanol–water partition coefficient (Wildman–Crippen LogP) is 0.804.